The Morgan fingerprint density at radius 3 is 2.42 bits per heavy atom. The van der Waals surface area contributed by atoms with Crippen molar-refractivity contribution in [1.29, 1.82) is 0 Å². The van der Waals surface area contributed by atoms with Crippen molar-refractivity contribution in [3.8, 4) is 11.3 Å². The van der Waals surface area contributed by atoms with E-state index in [4.69, 9.17) is 0 Å². The van der Waals surface area contributed by atoms with Crippen LogP contribution in [0, 0.1) is 0 Å². The van der Waals surface area contributed by atoms with Crippen LogP contribution in [0.5, 0.6) is 0 Å². The lowest BCUT2D eigenvalue weighted by Gasteiger charge is -2.23. The Kier molecular flexibility index (Phi) is 6.22. The molecule has 0 atom stereocenters. The molecule has 1 aromatic heterocycles. The van der Waals surface area contributed by atoms with Crippen molar-refractivity contribution < 1.29 is 4.79 Å². The van der Waals surface area contributed by atoms with Crippen LogP contribution >= 0.6 is 0 Å². The van der Waals surface area contributed by atoms with Gasteiger partial charge in [0.1, 0.15) is 6.54 Å². The third-order valence-electron chi connectivity index (χ3n) is 5.30. The predicted octanol–water partition coefficient (Wildman–Crippen LogP) is 4.90. The quantitative estimate of drug-likeness (QED) is 0.435. The van der Waals surface area contributed by atoms with Crippen molar-refractivity contribution in [2.24, 2.45) is 0 Å². The molecule has 0 fully saturated rings. The SMILES string of the molecule is CCCCN(C(=O)Cn1nc(-c2ccc3ccccc3c2)ccc1=O)c1ccccc1. The van der Waals surface area contributed by atoms with E-state index >= 15 is 0 Å². The Balaban J connectivity index is 1.63. The van der Waals surface area contributed by atoms with Gasteiger partial charge in [-0.1, -0.05) is 67.9 Å². The van der Waals surface area contributed by atoms with Crippen LogP contribution in [0.15, 0.2) is 89.7 Å². The molecule has 1 heterocycles. The Morgan fingerprint density at radius 1 is 0.903 bits per heavy atom. The third kappa shape index (κ3) is 4.72. The average molecular weight is 412 g/mol. The predicted molar refractivity (Wildman–Crippen MR) is 125 cm³/mol. The smallest absolute Gasteiger partial charge is 0.267 e. The first-order valence-corrected chi connectivity index (χ1v) is 10.6. The normalized spacial score (nSPS) is 10.9. The molecule has 0 unspecified atom stereocenters. The molecule has 0 aliphatic rings. The van der Waals surface area contributed by atoms with Gasteiger partial charge in [0.25, 0.3) is 5.56 Å². The van der Waals surface area contributed by atoms with Crippen LogP contribution < -0.4 is 10.5 Å². The van der Waals surface area contributed by atoms with Gasteiger partial charge in [-0.25, -0.2) is 4.68 Å². The van der Waals surface area contributed by atoms with Crippen LogP contribution in [0.1, 0.15) is 19.8 Å². The topological polar surface area (TPSA) is 55.2 Å². The molecule has 5 heteroatoms. The van der Waals surface area contributed by atoms with Crippen molar-refractivity contribution in [2.45, 2.75) is 26.3 Å². The van der Waals surface area contributed by atoms with Crippen LogP contribution in [0.25, 0.3) is 22.0 Å². The second-order valence-corrected chi connectivity index (χ2v) is 7.51. The molecule has 5 nitrogen and oxygen atoms in total. The van der Waals surface area contributed by atoms with E-state index in [1.54, 1.807) is 11.0 Å². The van der Waals surface area contributed by atoms with Gasteiger partial charge in [-0.2, -0.15) is 5.10 Å². The molecule has 0 saturated carbocycles. The molecule has 4 aromatic rings. The summed E-state index contributed by atoms with van der Waals surface area (Å²) < 4.78 is 1.26. The number of anilines is 1. The monoisotopic (exact) mass is 411 g/mol. The minimum atomic E-state index is -0.290. The van der Waals surface area contributed by atoms with Crippen molar-refractivity contribution in [3.63, 3.8) is 0 Å². The van der Waals surface area contributed by atoms with Crippen LogP contribution in [0.4, 0.5) is 5.69 Å². The summed E-state index contributed by atoms with van der Waals surface area (Å²) in [6, 6.07) is 26.9. The summed E-state index contributed by atoms with van der Waals surface area (Å²) in [5.41, 5.74) is 2.12. The van der Waals surface area contributed by atoms with E-state index in [0.29, 0.717) is 12.2 Å². The molecule has 31 heavy (non-hydrogen) atoms. The van der Waals surface area contributed by atoms with Gasteiger partial charge in [0.2, 0.25) is 5.91 Å². The second-order valence-electron chi connectivity index (χ2n) is 7.51. The fourth-order valence-corrected chi connectivity index (χ4v) is 3.60. The number of carbonyl (C=O) groups excluding carboxylic acids is 1. The molecule has 0 saturated heterocycles. The molecule has 0 spiro atoms. The van der Waals surface area contributed by atoms with E-state index < -0.39 is 0 Å². The summed E-state index contributed by atoms with van der Waals surface area (Å²) in [7, 11) is 0. The number of carbonyl (C=O) groups is 1. The first kappa shape index (κ1) is 20.5. The van der Waals surface area contributed by atoms with E-state index in [9.17, 15) is 9.59 Å². The van der Waals surface area contributed by atoms with Crippen LogP contribution in [0.2, 0.25) is 0 Å². The minimum absolute atomic E-state index is 0.0984. The lowest BCUT2D eigenvalue weighted by Crippen LogP contribution is -2.38. The van der Waals surface area contributed by atoms with Crippen molar-refractivity contribution in [3.05, 3.63) is 95.3 Å². The number of unbranched alkanes of at least 4 members (excludes halogenated alkanes) is 1. The number of hydrogen-bond acceptors (Lipinski definition) is 3. The largest absolute Gasteiger partial charge is 0.311 e. The fourth-order valence-electron chi connectivity index (χ4n) is 3.60. The molecule has 0 radical (unpaired) electrons. The fraction of sp³-hybridized carbons (Fsp3) is 0.192. The molecule has 3 aromatic carbocycles. The number of aromatic nitrogens is 2. The first-order valence-electron chi connectivity index (χ1n) is 10.6. The molecule has 0 aliphatic carbocycles. The second kappa shape index (κ2) is 9.39. The van der Waals surface area contributed by atoms with Gasteiger partial charge in [0.15, 0.2) is 0 Å². The van der Waals surface area contributed by atoms with Crippen molar-refractivity contribution in [1.82, 2.24) is 9.78 Å². The van der Waals surface area contributed by atoms with E-state index in [-0.39, 0.29) is 18.0 Å². The van der Waals surface area contributed by atoms with Crippen LogP contribution in [-0.4, -0.2) is 22.2 Å². The first-order chi connectivity index (χ1) is 15.2. The number of nitrogens with zero attached hydrogens (tertiary/aromatic N) is 3. The molecule has 4 rings (SSSR count). The zero-order chi connectivity index (χ0) is 21.6. The lowest BCUT2D eigenvalue weighted by molar-refractivity contribution is -0.119. The molecule has 0 bridgehead atoms. The van der Waals surface area contributed by atoms with E-state index in [1.165, 1.54) is 10.7 Å². The highest BCUT2D eigenvalue weighted by Crippen LogP contribution is 2.22. The summed E-state index contributed by atoms with van der Waals surface area (Å²) in [6.07, 6.45) is 1.87. The maximum Gasteiger partial charge on any atom is 0.267 e. The van der Waals surface area contributed by atoms with Crippen LogP contribution in [-0.2, 0) is 11.3 Å². The van der Waals surface area contributed by atoms with Gasteiger partial charge in [-0.05, 0) is 41.5 Å². The number of benzene rings is 3. The molecular formula is C26H25N3O2. The molecule has 0 N–H and O–H groups in total. The summed E-state index contributed by atoms with van der Waals surface area (Å²) >= 11 is 0. The number of amides is 1. The standard InChI is InChI=1S/C26H25N3O2/c1-2-3-17-28(23-11-5-4-6-12-23)26(31)19-29-25(30)16-15-24(27-29)22-14-13-20-9-7-8-10-21(20)18-22/h4-16,18H,2-3,17,19H2,1H3. The molecule has 0 aliphatic heterocycles. The van der Waals surface area contributed by atoms with Gasteiger partial charge < -0.3 is 4.90 Å². The Bertz CT molecular complexity index is 1250. The summed E-state index contributed by atoms with van der Waals surface area (Å²) in [5.74, 6) is -0.148. The summed E-state index contributed by atoms with van der Waals surface area (Å²) in [6.45, 7) is 2.60. The molecular weight excluding hydrogens is 386 g/mol. The van der Waals surface area contributed by atoms with E-state index in [2.05, 4.69) is 18.1 Å². The molecule has 1 amide bonds. The zero-order valence-electron chi connectivity index (χ0n) is 17.6. The Labute approximate surface area is 181 Å². The summed E-state index contributed by atoms with van der Waals surface area (Å²) in [4.78, 5) is 27.3. The lowest BCUT2D eigenvalue weighted by atomic mass is 10.1. The molecule has 156 valence electrons. The number of para-hydroxylation sites is 1. The number of fused-ring (bicyclic) bond motifs is 1. The van der Waals surface area contributed by atoms with Gasteiger partial charge >= 0.3 is 0 Å². The van der Waals surface area contributed by atoms with Crippen LogP contribution in [0.3, 0.4) is 0 Å². The van der Waals surface area contributed by atoms with Gasteiger partial charge in [0, 0.05) is 23.9 Å². The Hall–Kier alpha value is -3.73. The van der Waals surface area contributed by atoms with Gasteiger partial charge in [-0.3, -0.25) is 9.59 Å². The maximum absolute atomic E-state index is 13.1. The Morgan fingerprint density at radius 2 is 1.65 bits per heavy atom. The van der Waals surface area contributed by atoms with Crippen molar-refractivity contribution in [2.75, 3.05) is 11.4 Å². The zero-order valence-corrected chi connectivity index (χ0v) is 17.6. The van der Waals surface area contributed by atoms with Gasteiger partial charge in [0.05, 0.1) is 5.69 Å². The third-order valence-corrected chi connectivity index (χ3v) is 5.30. The highest BCUT2D eigenvalue weighted by Gasteiger charge is 2.17. The van der Waals surface area contributed by atoms with Gasteiger partial charge in [-0.15, -0.1) is 0 Å². The minimum Gasteiger partial charge on any atom is -0.311 e. The summed E-state index contributed by atoms with van der Waals surface area (Å²) in [5, 5.41) is 6.75. The number of hydrogen-bond donors (Lipinski definition) is 0. The number of rotatable bonds is 7. The van der Waals surface area contributed by atoms with E-state index in [1.807, 2.05) is 66.7 Å². The van der Waals surface area contributed by atoms with E-state index in [0.717, 1.165) is 34.9 Å². The highest BCUT2D eigenvalue weighted by molar-refractivity contribution is 5.93. The maximum atomic E-state index is 13.1. The van der Waals surface area contributed by atoms with Crippen molar-refractivity contribution >= 4 is 22.4 Å². The highest BCUT2D eigenvalue weighted by atomic mass is 16.2. The average Bonchev–Trinajstić information content (AvgIpc) is 2.81.